The largest absolute Gasteiger partial charge is 0.354 e. The lowest BCUT2D eigenvalue weighted by Gasteiger charge is -2.09. The van der Waals surface area contributed by atoms with Crippen molar-refractivity contribution in [1.82, 2.24) is 24.5 Å². The number of rotatable bonds is 9. The topological polar surface area (TPSA) is 80.5 Å². The van der Waals surface area contributed by atoms with E-state index in [-0.39, 0.29) is 0 Å². The summed E-state index contributed by atoms with van der Waals surface area (Å²) in [7, 11) is 0. The van der Waals surface area contributed by atoms with Crippen LogP contribution in [0.2, 0.25) is 0 Å². The SMILES string of the molecule is CCCCCCNc1nc(NCC)nc(-n2ccnc2)n1. The van der Waals surface area contributed by atoms with Crippen LogP contribution in [0.5, 0.6) is 0 Å². The van der Waals surface area contributed by atoms with Gasteiger partial charge >= 0.3 is 0 Å². The standard InChI is InChI=1S/C14H23N7/c1-3-5-6-7-8-17-13-18-12(16-4-2)19-14(20-13)21-10-9-15-11-21/h9-11H,3-8H2,1-2H3,(H2,16,17,18,19,20). The Kier molecular flexibility index (Phi) is 5.93. The molecule has 0 spiro atoms. The van der Waals surface area contributed by atoms with Crippen LogP contribution in [-0.2, 0) is 0 Å². The maximum atomic E-state index is 4.43. The molecule has 0 saturated heterocycles. The molecule has 2 rings (SSSR count). The van der Waals surface area contributed by atoms with Crippen LogP contribution < -0.4 is 10.6 Å². The van der Waals surface area contributed by atoms with Crippen molar-refractivity contribution in [2.45, 2.75) is 39.5 Å². The summed E-state index contributed by atoms with van der Waals surface area (Å²) >= 11 is 0. The van der Waals surface area contributed by atoms with Gasteiger partial charge in [-0.05, 0) is 13.3 Å². The Morgan fingerprint density at radius 3 is 2.48 bits per heavy atom. The van der Waals surface area contributed by atoms with Crippen LogP contribution in [0.4, 0.5) is 11.9 Å². The zero-order chi connectivity index (χ0) is 14.9. The number of hydrogen-bond acceptors (Lipinski definition) is 6. The maximum absolute atomic E-state index is 4.43. The van der Waals surface area contributed by atoms with Gasteiger partial charge in [-0.25, -0.2) is 4.98 Å². The summed E-state index contributed by atoms with van der Waals surface area (Å²) in [5.41, 5.74) is 0. The highest BCUT2D eigenvalue weighted by Gasteiger charge is 2.07. The summed E-state index contributed by atoms with van der Waals surface area (Å²) < 4.78 is 1.77. The smallest absolute Gasteiger partial charge is 0.241 e. The molecule has 2 heterocycles. The van der Waals surface area contributed by atoms with E-state index in [1.807, 2.05) is 13.1 Å². The zero-order valence-electron chi connectivity index (χ0n) is 12.7. The predicted octanol–water partition coefficient (Wildman–Crippen LogP) is 2.48. The molecule has 114 valence electrons. The van der Waals surface area contributed by atoms with Crippen molar-refractivity contribution in [3.63, 3.8) is 0 Å². The fourth-order valence-electron chi connectivity index (χ4n) is 1.93. The van der Waals surface area contributed by atoms with Crippen molar-refractivity contribution in [2.24, 2.45) is 0 Å². The van der Waals surface area contributed by atoms with Gasteiger partial charge in [0, 0.05) is 25.5 Å². The molecule has 0 aliphatic heterocycles. The first-order chi connectivity index (χ1) is 10.3. The third-order valence-corrected chi connectivity index (χ3v) is 3.01. The second kappa shape index (κ2) is 8.18. The molecular formula is C14H23N7. The Morgan fingerprint density at radius 2 is 1.81 bits per heavy atom. The molecule has 2 N–H and O–H groups in total. The van der Waals surface area contributed by atoms with E-state index in [4.69, 9.17) is 0 Å². The quantitative estimate of drug-likeness (QED) is 0.690. The van der Waals surface area contributed by atoms with Crippen LogP contribution in [0.15, 0.2) is 18.7 Å². The molecular weight excluding hydrogens is 266 g/mol. The molecule has 0 bridgehead atoms. The van der Waals surface area contributed by atoms with Crippen molar-refractivity contribution < 1.29 is 0 Å². The van der Waals surface area contributed by atoms with Gasteiger partial charge in [-0.2, -0.15) is 15.0 Å². The van der Waals surface area contributed by atoms with Gasteiger partial charge in [0.2, 0.25) is 17.8 Å². The zero-order valence-corrected chi connectivity index (χ0v) is 12.7. The van der Waals surface area contributed by atoms with Crippen LogP contribution in [0.1, 0.15) is 39.5 Å². The van der Waals surface area contributed by atoms with Crippen LogP contribution >= 0.6 is 0 Å². The van der Waals surface area contributed by atoms with Gasteiger partial charge in [0.1, 0.15) is 6.33 Å². The van der Waals surface area contributed by atoms with E-state index in [9.17, 15) is 0 Å². The lowest BCUT2D eigenvalue weighted by molar-refractivity contribution is 0.683. The Balaban J connectivity index is 2.05. The summed E-state index contributed by atoms with van der Waals surface area (Å²) in [6, 6.07) is 0. The number of anilines is 2. The second-order valence-electron chi connectivity index (χ2n) is 4.77. The van der Waals surface area contributed by atoms with Crippen molar-refractivity contribution in [2.75, 3.05) is 23.7 Å². The average Bonchev–Trinajstić information content (AvgIpc) is 3.01. The number of aromatic nitrogens is 5. The van der Waals surface area contributed by atoms with Crippen LogP contribution in [0.3, 0.4) is 0 Å². The van der Waals surface area contributed by atoms with Gasteiger partial charge < -0.3 is 10.6 Å². The monoisotopic (exact) mass is 289 g/mol. The number of hydrogen-bond donors (Lipinski definition) is 2. The average molecular weight is 289 g/mol. The highest BCUT2D eigenvalue weighted by atomic mass is 15.3. The molecule has 0 radical (unpaired) electrons. The highest BCUT2D eigenvalue weighted by molar-refractivity contribution is 5.37. The van der Waals surface area contributed by atoms with Gasteiger partial charge in [0.25, 0.3) is 0 Å². The Labute approximate surface area is 125 Å². The Hall–Kier alpha value is -2.18. The highest BCUT2D eigenvalue weighted by Crippen LogP contribution is 2.09. The van der Waals surface area contributed by atoms with Crippen LogP contribution in [0.25, 0.3) is 5.95 Å². The fraction of sp³-hybridized carbons (Fsp3) is 0.571. The number of unbranched alkanes of at least 4 members (excludes halogenated alkanes) is 3. The van der Waals surface area contributed by atoms with Gasteiger partial charge in [0.05, 0.1) is 0 Å². The first-order valence-electron chi connectivity index (χ1n) is 7.55. The fourth-order valence-corrected chi connectivity index (χ4v) is 1.93. The lowest BCUT2D eigenvalue weighted by Crippen LogP contribution is -2.12. The molecule has 2 aromatic heterocycles. The first-order valence-corrected chi connectivity index (χ1v) is 7.55. The van der Waals surface area contributed by atoms with E-state index in [0.29, 0.717) is 17.8 Å². The number of nitrogens with zero attached hydrogens (tertiary/aromatic N) is 5. The second-order valence-corrected chi connectivity index (χ2v) is 4.77. The van der Waals surface area contributed by atoms with E-state index < -0.39 is 0 Å². The lowest BCUT2D eigenvalue weighted by atomic mass is 10.2. The van der Waals surface area contributed by atoms with Crippen molar-refractivity contribution >= 4 is 11.9 Å². The molecule has 0 aliphatic carbocycles. The van der Waals surface area contributed by atoms with Crippen LogP contribution in [0, 0.1) is 0 Å². The molecule has 0 atom stereocenters. The number of nitrogens with one attached hydrogen (secondary N) is 2. The van der Waals surface area contributed by atoms with Crippen molar-refractivity contribution in [3.05, 3.63) is 18.7 Å². The van der Waals surface area contributed by atoms with E-state index in [1.54, 1.807) is 17.1 Å². The molecule has 0 aromatic carbocycles. The molecule has 0 aliphatic rings. The van der Waals surface area contributed by atoms with Crippen LogP contribution in [-0.4, -0.2) is 37.6 Å². The Bertz CT molecular complexity index is 524. The third-order valence-electron chi connectivity index (χ3n) is 3.01. The normalized spacial score (nSPS) is 10.6. The molecule has 21 heavy (non-hydrogen) atoms. The van der Waals surface area contributed by atoms with Gasteiger partial charge in [-0.1, -0.05) is 26.2 Å². The summed E-state index contributed by atoms with van der Waals surface area (Å²) in [6.45, 7) is 5.86. The molecule has 0 saturated carbocycles. The van der Waals surface area contributed by atoms with E-state index in [2.05, 4.69) is 37.5 Å². The summed E-state index contributed by atoms with van der Waals surface area (Å²) in [4.78, 5) is 17.2. The summed E-state index contributed by atoms with van der Waals surface area (Å²) in [5.74, 6) is 1.74. The summed E-state index contributed by atoms with van der Waals surface area (Å²) in [6.07, 6.45) is 10.0. The third kappa shape index (κ3) is 4.70. The molecule has 7 nitrogen and oxygen atoms in total. The summed E-state index contributed by atoms with van der Waals surface area (Å²) in [5, 5.41) is 6.39. The van der Waals surface area contributed by atoms with E-state index >= 15 is 0 Å². The van der Waals surface area contributed by atoms with Gasteiger partial charge in [-0.3, -0.25) is 4.57 Å². The minimum atomic E-state index is 0.564. The molecule has 0 fully saturated rings. The van der Waals surface area contributed by atoms with E-state index in [1.165, 1.54) is 19.3 Å². The van der Waals surface area contributed by atoms with Crippen molar-refractivity contribution in [1.29, 1.82) is 0 Å². The van der Waals surface area contributed by atoms with Gasteiger partial charge in [-0.15, -0.1) is 0 Å². The molecule has 2 aromatic rings. The minimum Gasteiger partial charge on any atom is -0.354 e. The van der Waals surface area contributed by atoms with Gasteiger partial charge in [0.15, 0.2) is 0 Å². The molecule has 7 heteroatoms. The molecule has 0 amide bonds. The predicted molar refractivity (Wildman–Crippen MR) is 83.7 cm³/mol. The minimum absolute atomic E-state index is 0.564. The maximum Gasteiger partial charge on any atom is 0.241 e. The van der Waals surface area contributed by atoms with E-state index in [0.717, 1.165) is 19.5 Å². The number of imidazole rings is 1. The Morgan fingerprint density at radius 1 is 1.00 bits per heavy atom. The first kappa shape index (κ1) is 15.2. The van der Waals surface area contributed by atoms with Crippen molar-refractivity contribution in [3.8, 4) is 5.95 Å². The molecule has 0 unspecified atom stereocenters.